The minimum absolute atomic E-state index is 0.00330. The predicted molar refractivity (Wildman–Crippen MR) is 128 cm³/mol. The van der Waals surface area contributed by atoms with Crippen molar-refractivity contribution in [2.24, 2.45) is 11.7 Å². The van der Waals surface area contributed by atoms with E-state index in [1.165, 1.54) is 24.3 Å². The molecule has 0 radical (unpaired) electrons. The molecule has 0 saturated heterocycles. The molecule has 0 fully saturated rings. The Morgan fingerprint density at radius 2 is 1.66 bits per heavy atom. The molecule has 0 saturated carbocycles. The lowest BCUT2D eigenvalue weighted by Crippen LogP contribution is -2.58. The molecule has 0 spiro atoms. The Morgan fingerprint density at radius 1 is 1.03 bits per heavy atom. The van der Waals surface area contributed by atoms with Gasteiger partial charge in [0.1, 0.15) is 18.1 Å². The van der Waals surface area contributed by atoms with Crippen molar-refractivity contribution in [1.82, 2.24) is 25.9 Å². The maximum atomic E-state index is 13.1. The van der Waals surface area contributed by atoms with E-state index in [1.807, 2.05) is 6.26 Å². The van der Waals surface area contributed by atoms with Crippen LogP contribution in [0.15, 0.2) is 12.5 Å². The number of rotatable bonds is 16. The average Bonchev–Trinajstić information content (AvgIpc) is 3.30. The molecule has 4 atom stereocenters. The zero-order chi connectivity index (χ0) is 26.5. The van der Waals surface area contributed by atoms with Gasteiger partial charge in [0.05, 0.1) is 12.4 Å². The van der Waals surface area contributed by atoms with Crippen molar-refractivity contribution < 1.29 is 34.2 Å². The highest BCUT2D eigenvalue weighted by atomic mass is 32.2. The number of H-pyrrole nitrogens is 1. The lowest BCUT2D eigenvalue weighted by atomic mass is 10.0. The topological polar surface area (TPSA) is 217 Å². The highest BCUT2D eigenvalue weighted by Gasteiger charge is 2.31. The van der Waals surface area contributed by atoms with Gasteiger partial charge in [0.25, 0.3) is 0 Å². The number of carboxylic acid groups (broad SMARTS) is 2. The van der Waals surface area contributed by atoms with Crippen molar-refractivity contribution in [3.05, 3.63) is 18.2 Å². The summed E-state index contributed by atoms with van der Waals surface area (Å²) in [4.78, 5) is 67.4. The van der Waals surface area contributed by atoms with Gasteiger partial charge in [-0.05, 0) is 30.8 Å². The largest absolute Gasteiger partial charge is 0.481 e. The summed E-state index contributed by atoms with van der Waals surface area (Å²) < 4.78 is 0. The lowest BCUT2D eigenvalue weighted by Gasteiger charge is -2.26. The quantitative estimate of drug-likeness (QED) is 0.144. The van der Waals surface area contributed by atoms with Gasteiger partial charge in [0.2, 0.25) is 17.7 Å². The van der Waals surface area contributed by atoms with Gasteiger partial charge in [0, 0.05) is 24.7 Å². The molecule has 0 aliphatic carbocycles. The number of nitrogens with two attached hydrogens (primary N) is 1. The minimum Gasteiger partial charge on any atom is -0.481 e. The SMILES string of the molecule is CSCCC(NC(=O)C(N)CCC(=O)O)C(=O)NC(Cc1cnc[nH]1)C(=O)NC(C(=O)O)C(C)C. The number of nitrogens with zero attached hydrogens (tertiary/aromatic N) is 1. The molecule has 0 aliphatic rings. The fourth-order valence-corrected chi connectivity index (χ4v) is 3.53. The molecule has 3 amide bonds. The van der Waals surface area contributed by atoms with Crippen molar-refractivity contribution in [3.63, 3.8) is 0 Å². The van der Waals surface area contributed by atoms with E-state index in [2.05, 4.69) is 25.9 Å². The van der Waals surface area contributed by atoms with Crippen LogP contribution < -0.4 is 21.7 Å². The molecular formula is C21H34N6O7S. The number of hydrogen-bond acceptors (Lipinski definition) is 8. The molecule has 1 aromatic heterocycles. The van der Waals surface area contributed by atoms with E-state index >= 15 is 0 Å². The third-order valence-electron chi connectivity index (χ3n) is 5.09. The van der Waals surface area contributed by atoms with E-state index in [1.54, 1.807) is 13.8 Å². The smallest absolute Gasteiger partial charge is 0.326 e. The number of aliphatic carboxylic acids is 2. The Hall–Kier alpha value is -3.13. The maximum Gasteiger partial charge on any atom is 0.326 e. The van der Waals surface area contributed by atoms with Crippen molar-refractivity contribution in [2.75, 3.05) is 12.0 Å². The third kappa shape index (κ3) is 10.8. The van der Waals surface area contributed by atoms with Crippen LogP contribution in [0.25, 0.3) is 0 Å². The molecule has 1 aromatic rings. The summed E-state index contributed by atoms with van der Waals surface area (Å²) in [7, 11) is 0. The van der Waals surface area contributed by atoms with Crippen LogP contribution >= 0.6 is 11.8 Å². The number of thioether (sulfide) groups is 1. The van der Waals surface area contributed by atoms with Crippen LogP contribution in [-0.4, -0.2) is 86.0 Å². The highest BCUT2D eigenvalue weighted by Crippen LogP contribution is 2.07. The zero-order valence-corrected chi connectivity index (χ0v) is 20.8. The highest BCUT2D eigenvalue weighted by molar-refractivity contribution is 7.98. The Bertz CT molecular complexity index is 864. The first kappa shape index (κ1) is 29.9. The van der Waals surface area contributed by atoms with Crippen molar-refractivity contribution in [3.8, 4) is 0 Å². The number of hydrogen-bond donors (Lipinski definition) is 7. The summed E-state index contributed by atoms with van der Waals surface area (Å²) >= 11 is 1.44. The van der Waals surface area contributed by atoms with Crippen molar-refractivity contribution >= 4 is 41.4 Å². The van der Waals surface area contributed by atoms with Crippen LogP contribution in [0.4, 0.5) is 0 Å². The van der Waals surface area contributed by atoms with E-state index in [-0.39, 0.29) is 25.7 Å². The predicted octanol–water partition coefficient (Wildman–Crippen LogP) is -0.908. The zero-order valence-electron chi connectivity index (χ0n) is 19.9. The lowest BCUT2D eigenvalue weighted by molar-refractivity contribution is -0.143. The second-order valence-corrected chi connectivity index (χ2v) is 9.28. The van der Waals surface area contributed by atoms with Gasteiger partial charge in [0.15, 0.2) is 0 Å². The number of carbonyl (C=O) groups is 5. The van der Waals surface area contributed by atoms with E-state index in [0.717, 1.165) is 0 Å². The van der Waals surface area contributed by atoms with Gasteiger partial charge in [-0.15, -0.1) is 0 Å². The third-order valence-corrected chi connectivity index (χ3v) is 5.74. The first-order valence-electron chi connectivity index (χ1n) is 11.0. The van der Waals surface area contributed by atoms with Gasteiger partial charge in [-0.1, -0.05) is 13.8 Å². The van der Waals surface area contributed by atoms with Crippen LogP contribution in [0.2, 0.25) is 0 Å². The van der Waals surface area contributed by atoms with Gasteiger partial charge >= 0.3 is 11.9 Å². The first-order chi connectivity index (χ1) is 16.5. The maximum absolute atomic E-state index is 13.1. The Kier molecular flexibility index (Phi) is 12.8. The number of amides is 3. The van der Waals surface area contributed by atoms with Gasteiger partial charge in [-0.25, -0.2) is 9.78 Å². The van der Waals surface area contributed by atoms with Crippen molar-refractivity contribution in [1.29, 1.82) is 0 Å². The van der Waals surface area contributed by atoms with E-state index in [0.29, 0.717) is 11.4 Å². The van der Waals surface area contributed by atoms with Gasteiger partial charge < -0.3 is 36.9 Å². The second kappa shape index (κ2) is 15.0. The number of imidazole rings is 1. The summed E-state index contributed by atoms with van der Waals surface area (Å²) in [6.07, 6.45) is 4.52. The number of nitrogens with one attached hydrogen (secondary N) is 4. The summed E-state index contributed by atoms with van der Waals surface area (Å²) in [6.45, 7) is 3.28. The molecule has 1 rings (SSSR count). The fraction of sp³-hybridized carbons (Fsp3) is 0.619. The molecule has 4 unspecified atom stereocenters. The standard InChI is InChI=1S/C21H34N6O7S/c1-11(2)17(21(33)34)27-20(32)15(8-12-9-23-10-24-12)26-19(31)14(6-7-35-3)25-18(30)13(22)4-5-16(28)29/h9-11,13-15,17H,4-8,22H2,1-3H3,(H,23,24)(H,25,30)(H,26,31)(H,27,32)(H,28,29)(H,33,34). The molecule has 196 valence electrons. The summed E-state index contributed by atoms with van der Waals surface area (Å²) in [6, 6.07) is -4.48. The van der Waals surface area contributed by atoms with Crippen molar-refractivity contribution in [2.45, 2.75) is 63.7 Å². The van der Waals surface area contributed by atoms with E-state index in [4.69, 9.17) is 10.8 Å². The Morgan fingerprint density at radius 3 is 2.17 bits per heavy atom. The van der Waals surface area contributed by atoms with Gasteiger partial charge in [-0.3, -0.25) is 19.2 Å². The number of carboxylic acids is 2. The summed E-state index contributed by atoms with van der Waals surface area (Å²) in [5.41, 5.74) is 6.28. The normalized spacial score (nSPS) is 14.4. The summed E-state index contributed by atoms with van der Waals surface area (Å²) in [5.74, 6) is -4.25. The number of aromatic nitrogens is 2. The molecule has 14 heteroatoms. The Balaban J connectivity index is 3.01. The minimum atomic E-state index is -1.21. The molecule has 1 heterocycles. The Labute approximate surface area is 207 Å². The van der Waals surface area contributed by atoms with E-state index < -0.39 is 59.7 Å². The fourth-order valence-electron chi connectivity index (χ4n) is 3.06. The number of carbonyl (C=O) groups excluding carboxylic acids is 3. The van der Waals surface area contributed by atoms with Gasteiger partial charge in [-0.2, -0.15) is 11.8 Å². The summed E-state index contributed by atoms with van der Waals surface area (Å²) in [5, 5.41) is 25.8. The van der Waals surface area contributed by atoms with Crippen LogP contribution in [-0.2, 0) is 30.4 Å². The average molecular weight is 515 g/mol. The first-order valence-corrected chi connectivity index (χ1v) is 12.4. The van der Waals surface area contributed by atoms with E-state index in [9.17, 15) is 29.1 Å². The molecule has 0 aromatic carbocycles. The second-order valence-electron chi connectivity index (χ2n) is 8.29. The van der Waals surface area contributed by atoms with Crippen LogP contribution in [0.3, 0.4) is 0 Å². The van der Waals surface area contributed by atoms with Crippen LogP contribution in [0.1, 0.15) is 38.8 Å². The molecule has 0 aliphatic heterocycles. The molecule has 13 nitrogen and oxygen atoms in total. The monoisotopic (exact) mass is 514 g/mol. The number of aromatic amines is 1. The molecule has 0 bridgehead atoms. The molecule has 35 heavy (non-hydrogen) atoms. The van der Waals surface area contributed by atoms with Crippen LogP contribution in [0, 0.1) is 5.92 Å². The molecule has 8 N–H and O–H groups in total. The van der Waals surface area contributed by atoms with Crippen LogP contribution in [0.5, 0.6) is 0 Å². The molecular weight excluding hydrogens is 480 g/mol.